The summed E-state index contributed by atoms with van der Waals surface area (Å²) in [5, 5.41) is 10.5. The fourth-order valence-electron chi connectivity index (χ4n) is 4.53. The van der Waals surface area contributed by atoms with Gasteiger partial charge in [0.05, 0.1) is 11.8 Å². The molecular formula is C20H18ClN5O3S. The van der Waals surface area contributed by atoms with Gasteiger partial charge in [-0.05, 0) is 36.0 Å². The summed E-state index contributed by atoms with van der Waals surface area (Å²) in [7, 11) is 0. The number of carbonyl (C=O) groups excluding carboxylic acids is 3. The number of aromatic amines is 1. The van der Waals surface area contributed by atoms with Crippen LogP contribution in [0.25, 0.3) is 0 Å². The van der Waals surface area contributed by atoms with Crippen molar-refractivity contribution in [3.05, 3.63) is 47.0 Å². The van der Waals surface area contributed by atoms with Crippen LogP contribution >= 0.6 is 23.4 Å². The van der Waals surface area contributed by atoms with E-state index in [2.05, 4.69) is 20.5 Å². The number of amides is 3. The zero-order valence-corrected chi connectivity index (χ0v) is 17.3. The highest BCUT2D eigenvalue weighted by atomic mass is 35.5. The summed E-state index contributed by atoms with van der Waals surface area (Å²) in [5.74, 6) is -0.497. The van der Waals surface area contributed by atoms with Crippen molar-refractivity contribution in [3.8, 4) is 0 Å². The van der Waals surface area contributed by atoms with Crippen LogP contribution in [0, 0.1) is 23.7 Å². The Bertz CT molecular complexity index is 1020. The second-order valence-corrected chi connectivity index (χ2v) is 9.07. The average Bonchev–Trinajstić information content (AvgIpc) is 3.49. The molecule has 2 aromatic rings. The van der Waals surface area contributed by atoms with Gasteiger partial charge >= 0.3 is 0 Å². The lowest BCUT2D eigenvalue weighted by Crippen LogP contribution is -2.39. The molecule has 1 saturated heterocycles. The third kappa shape index (κ3) is 3.41. The second kappa shape index (κ2) is 7.55. The Hall–Kier alpha value is -2.65. The molecule has 5 rings (SSSR count). The smallest absolute Gasteiger partial charge is 0.246 e. The lowest BCUT2D eigenvalue weighted by atomic mass is 9.85. The van der Waals surface area contributed by atoms with Crippen molar-refractivity contribution in [3.63, 3.8) is 0 Å². The molecule has 8 nitrogen and oxygen atoms in total. The van der Waals surface area contributed by atoms with E-state index in [1.54, 1.807) is 0 Å². The number of imide groups is 1. The van der Waals surface area contributed by atoms with Crippen molar-refractivity contribution >= 4 is 47.0 Å². The third-order valence-electron chi connectivity index (χ3n) is 5.87. The summed E-state index contributed by atoms with van der Waals surface area (Å²) < 4.78 is 0. The second-order valence-electron chi connectivity index (χ2n) is 7.69. The number of rotatable bonds is 6. The number of nitrogens with one attached hydrogen (secondary N) is 2. The molecule has 0 spiro atoms. The molecule has 3 aliphatic rings. The number of fused-ring (bicyclic) bond motifs is 5. The van der Waals surface area contributed by atoms with Crippen LogP contribution in [0.5, 0.6) is 0 Å². The van der Waals surface area contributed by atoms with E-state index in [-0.39, 0.29) is 48.0 Å². The van der Waals surface area contributed by atoms with Crippen molar-refractivity contribution in [2.75, 3.05) is 11.9 Å². The van der Waals surface area contributed by atoms with Crippen molar-refractivity contribution in [1.29, 1.82) is 0 Å². The third-order valence-corrected chi connectivity index (χ3v) is 7.04. The van der Waals surface area contributed by atoms with Gasteiger partial charge in [0.25, 0.3) is 0 Å². The molecule has 0 radical (unpaired) electrons. The van der Waals surface area contributed by atoms with Crippen molar-refractivity contribution in [2.45, 2.75) is 17.3 Å². The van der Waals surface area contributed by atoms with E-state index < -0.39 is 5.91 Å². The number of anilines is 1. The van der Waals surface area contributed by atoms with Gasteiger partial charge in [0.2, 0.25) is 28.8 Å². The van der Waals surface area contributed by atoms with Crippen LogP contribution in [0.3, 0.4) is 0 Å². The van der Waals surface area contributed by atoms with Crippen LogP contribution in [0.15, 0.2) is 41.6 Å². The van der Waals surface area contributed by atoms with Gasteiger partial charge in [-0.3, -0.25) is 24.6 Å². The van der Waals surface area contributed by atoms with Gasteiger partial charge in [-0.25, -0.2) is 5.10 Å². The number of allylic oxidation sites excluding steroid dienone is 2. The summed E-state index contributed by atoms with van der Waals surface area (Å²) in [5.41, 5.74) is 1.07. The Kier molecular flexibility index (Phi) is 4.86. The zero-order chi connectivity index (χ0) is 20.8. The molecule has 2 bridgehead atoms. The predicted octanol–water partition coefficient (Wildman–Crippen LogP) is 2.50. The van der Waals surface area contributed by atoms with Gasteiger partial charge in [0, 0.05) is 10.8 Å². The molecule has 2 N–H and O–H groups in total. The van der Waals surface area contributed by atoms with E-state index in [4.69, 9.17) is 11.6 Å². The van der Waals surface area contributed by atoms with Crippen molar-refractivity contribution in [1.82, 2.24) is 20.1 Å². The molecule has 10 heteroatoms. The maximum Gasteiger partial charge on any atom is 0.246 e. The number of nitrogens with zero attached hydrogens (tertiary/aromatic N) is 3. The maximum absolute atomic E-state index is 12.7. The van der Waals surface area contributed by atoms with Crippen LogP contribution in [-0.4, -0.2) is 44.3 Å². The van der Waals surface area contributed by atoms with E-state index in [0.717, 1.165) is 16.9 Å². The van der Waals surface area contributed by atoms with Crippen LogP contribution in [0.2, 0.25) is 5.02 Å². The van der Waals surface area contributed by atoms with Crippen molar-refractivity contribution in [2.24, 2.45) is 23.7 Å². The van der Waals surface area contributed by atoms with E-state index in [1.165, 1.54) is 11.8 Å². The summed E-state index contributed by atoms with van der Waals surface area (Å²) in [6, 6.07) is 7.48. The number of H-pyrrole nitrogens is 1. The largest absolute Gasteiger partial charge is 0.293 e. The first kappa shape index (κ1) is 19.3. The highest BCUT2D eigenvalue weighted by Gasteiger charge is 2.59. The molecule has 3 amide bonds. The summed E-state index contributed by atoms with van der Waals surface area (Å²) >= 11 is 7.28. The van der Waals surface area contributed by atoms with E-state index in [0.29, 0.717) is 15.9 Å². The first-order valence-electron chi connectivity index (χ1n) is 9.62. The first-order chi connectivity index (χ1) is 14.5. The van der Waals surface area contributed by atoms with Crippen LogP contribution in [0.4, 0.5) is 5.95 Å². The standard InChI is InChI=1S/C20H18ClN5O3S/c21-13-5-1-10(2-6-13)9-30-20-23-19(24-25-20)22-14(27)8-26-17(28)15-11-3-4-12(7-11)16(15)18(26)29/h1-6,11-12,15-16H,7-9H2,(H2,22,23,24,25,27)/t11-,12-,15+,16+/m0/s1. The normalized spacial score (nSPS) is 26.5. The fourth-order valence-corrected chi connectivity index (χ4v) is 5.41. The van der Waals surface area contributed by atoms with Gasteiger partial charge in [0.1, 0.15) is 6.54 Å². The number of aromatic nitrogens is 3. The lowest BCUT2D eigenvalue weighted by molar-refractivity contribution is -0.143. The molecule has 2 fully saturated rings. The number of hydrogen-bond acceptors (Lipinski definition) is 6. The summed E-state index contributed by atoms with van der Waals surface area (Å²) in [6.45, 7) is -0.307. The Morgan fingerprint density at radius 1 is 1.17 bits per heavy atom. The van der Waals surface area contributed by atoms with E-state index in [9.17, 15) is 14.4 Å². The summed E-state index contributed by atoms with van der Waals surface area (Å²) in [6.07, 6.45) is 4.91. The van der Waals surface area contributed by atoms with Gasteiger partial charge in [-0.2, -0.15) is 4.98 Å². The van der Waals surface area contributed by atoms with Crippen LogP contribution in [0.1, 0.15) is 12.0 Å². The van der Waals surface area contributed by atoms with Crippen LogP contribution in [-0.2, 0) is 20.1 Å². The fraction of sp³-hybridized carbons (Fsp3) is 0.350. The summed E-state index contributed by atoms with van der Waals surface area (Å²) in [4.78, 5) is 43.0. The molecule has 30 heavy (non-hydrogen) atoms. The average molecular weight is 444 g/mol. The minimum atomic E-state index is -0.484. The number of benzene rings is 1. The topological polar surface area (TPSA) is 108 Å². The maximum atomic E-state index is 12.7. The quantitative estimate of drug-likeness (QED) is 0.403. The molecule has 4 atom stereocenters. The highest BCUT2D eigenvalue weighted by molar-refractivity contribution is 7.98. The zero-order valence-electron chi connectivity index (χ0n) is 15.7. The number of likely N-dealkylation sites (tertiary alicyclic amines) is 1. The molecule has 1 aromatic heterocycles. The molecule has 1 aliphatic heterocycles. The molecule has 2 aliphatic carbocycles. The Morgan fingerprint density at radius 2 is 1.83 bits per heavy atom. The van der Waals surface area contributed by atoms with Gasteiger partial charge in [-0.1, -0.05) is 47.6 Å². The number of hydrogen-bond donors (Lipinski definition) is 2. The van der Waals surface area contributed by atoms with Crippen LogP contribution < -0.4 is 5.32 Å². The SMILES string of the molecule is O=C(CN1C(=O)[C@H]2[C@H](C1=O)[C@H]1C=C[C@H]2C1)Nc1nc(SCc2ccc(Cl)cc2)n[nH]1. The molecular weight excluding hydrogens is 426 g/mol. The highest BCUT2D eigenvalue weighted by Crippen LogP contribution is 2.52. The lowest BCUT2D eigenvalue weighted by Gasteiger charge is -2.16. The molecule has 2 heterocycles. The first-order valence-corrected chi connectivity index (χ1v) is 11.0. The number of thioether (sulfide) groups is 1. The monoisotopic (exact) mass is 443 g/mol. The minimum Gasteiger partial charge on any atom is -0.293 e. The van der Waals surface area contributed by atoms with Gasteiger partial charge < -0.3 is 0 Å². The Balaban J connectivity index is 1.16. The Morgan fingerprint density at radius 3 is 2.50 bits per heavy atom. The molecule has 1 aromatic carbocycles. The Labute approximate surface area is 181 Å². The number of carbonyl (C=O) groups is 3. The molecule has 154 valence electrons. The van der Waals surface area contributed by atoms with Gasteiger partial charge in [0.15, 0.2) is 0 Å². The number of halogens is 1. The minimum absolute atomic E-state index is 0.124. The molecule has 0 unspecified atom stereocenters. The predicted molar refractivity (Wildman–Crippen MR) is 110 cm³/mol. The van der Waals surface area contributed by atoms with E-state index in [1.807, 2.05) is 36.4 Å². The molecule has 1 saturated carbocycles. The van der Waals surface area contributed by atoms with Crippen molar-refractivity contribution < 1.29 is 14.4 Å². The van der Waals surface area contributed by atoms with Gasteiger partial charge in [-0.15, -0.1) is 5.10 Å². The van der Waals surface area contributed by atoms with E-state index >= 15 is 0 Å².